The molecule has 7 nitrogen and oxygen atoms in total. The standard InChI is InChI=1S/C19H23N3O4/c1-4-26-18-11-10-15(12-16(18)22(24)25)19(23)20-13-17(21(2)3)14-8-6-5-7-9-14/h5-12,17H,4,13H2,1-3H3,(H,20,23). The Morgan fingerprint density at radius 1 is 1.23 bits per heavy atom. The average Bonchev–Trinajstić information content (AvgIpc) is 2.62. The minimum absolute atomic E-state index is 0.00201. The van der Waals surface area contributed by atoms with Crippen LogP contribution < -0.4 is 10.1 Å². The van der Waals surface area contributed by atoms with E-state index in [1.807, 2.05) is 49.3 Å². The Labute approximate surface area is 152 Å². The molecule has 0 aromatic heterocycles. The highest BCUT2D eigenvalue weighted by atomic mass is 16.6. The van der Waals surface area contributed by atoms with Crippen LogP contribution in [0.5, 0.6) is 5.75 Å². The summed E-state index contributed by atoms with van der Waals surface area (Å²) in [6, 6.07) is 14.1. The zero-order valence-corrected chi connectivity index (χ0v) is 15.1. The van der Waals surface area contributed by atoms with Crippen molar-refractivity contribution in [3.8, 4) is 5.75 Å². The molecule has 0 fully saturated rings. The number of hydrogen-bond donors (Lipinski definition) is 1. The summed E-state index contributed by atoms with van der Waals surface area (Å²) in [5.41, 5.74) is 1.09. The van der Waals surface area contributed by atoms with E-state index in [1.54, 1.807) is 6.92 Å². The SMILES string of the molecule is CCOc1ccc(C(=O)NCC(c2ccccc2)N(C)C)cc1[N+](=O)[O-]. The van der Waals surface area contributed by atoms with Crippen molar-refractivity contribution in [2.75, 3.05) is 27.2 Å². The molecule has 1 amide bonds. The highest BCUT2D eigenvalue weighted by Gasteiger charge is 2.20. The van der Waals surface area contributed by atoms with Gasteiger partial charge in [-0.05, 0) is 38.7 Å². The minimum Gasteiger partial charge on any atom is -0.487 e. The highest BCUT2D eigenvalue weighted by molar-refractivity contribution is 5.95. The summed E-state index contributed by atoms with van der Waals surface area (Å²) in [5.74, 6) is -0.205. The molecule has 0 bridgehead atoms. The number of amides is 1. The molecular weight excluding hydrogens is 334 g/mol. The first kappa shape index (κ1) is 19.4. The van der Waals surface area contributed by atoms with Crippen LogP contribution >= 0.6 is 0 Å². The molecule has 26 heavy (non-hydrogen) atoms. The third-order valence-electron chi connectivity index (χ3n) is 3.98. The van der Waals surface area contributed by atoms with E-state index in [9.17, 15) is 14.9 Å². The van der Waals surface area contributed by atoms with Crippen molar-refractivity contribution >= 4 is 11.6 Å². The van der Waals surface area contributed by atoms with Crippen LogP contribution in [0.4, 0.5) is 5.69 Å². The molecule has 0 radical (unpaired) electrons. The molecule has 1 N–H and O–H groups in total. The van der Waals surface area contributed by atoms with Crippen molar-refractivity contribution in [2.24, 2.45) is 0 Å². The lowest BCUT2D eigenvalue weighted by Crippen LogP contribution is -2.34. The van der Waals surface area contributed by atoms with E-state index >= 15 is 0 Å². The predicted molar refractivity (Wildman–Crippen MR) is 99.5 cm³/mol. The monoisotopic (exact) mass is 357 g/mol. The Morgan fingerprint density at radius 2 is 1.92 bits per heavy atom. The molecule has 7 heteroatoms. The lowest BCUT2D eigenvalue weighted by molar-refractivity contribution is -0.385. The van der Waals surface area contributed by atoms with Crippen molar-refractivity contribution in [3.05, 3.63) is 69.8 Å². The molecule has 138 valence electrons. The molecule has 2 rings (SSSR count). The Balaban J connectivity index is 2.14. The number of carbonyl (C=O) groups is 1. The average molecular weight is 357 g/mol. The van der Waals surface area contributed by atoms with Crippen LogP contribution in [-0.2, 0) is 0 Å². The second-order valence-electron chi connectivity index (χ2n) is 5.97. The van der Waals surface area contributed by atoms with E-state index in [2.05, 4.69) is 5.32 Å². The molecule has 0 aliphatic rings. The van der Waals surface area contributed by atoms with Crippen molar-refractivity contribution in [3.63, 3.8) is 0 Å². The lowest BCUT2D eigenvalue weighted by Gasteiger charge is -2.25. The smallest absolute Gasteiger partial charge is 0.311 e. The number of rotatable bonds is 8. The van der Waals surface area contributed by atoms with Gasteiger partial charge in [0.2, 0.25) is 0 Å². The van der Waals surface area contributed by atoms with Gasteiger partial charge < -0.3 is 15.0 Å². The molecule has 2 aromatic rings. The normalized spacial score (nSPS) is 11.8. The summed E-state index contributed by atoms with van der Waals surface area (Å²) in [5, 5.41) is 14.1. The lowest BCUT2D eigenvalue weighted by atomic mass is 10.1. The summed E-state index contributed by atoms with van der Waals surface area (Å²) in [7, 11) is 3.87. The Kier molecular flexibility index (Phi) is 6.68. The molecule has 0 saturated heterocycles. The third-order valence-corrected chi connectivity index (χ3v) is 3.98. The Bertz CT molecular complexity index is 763. The number of likely N-dealkylation sites (N-methyl/N-ethyl adjacent to an activating group) is 1. The fourth-order valence-electron chi connectivity index (χ4n) is 2.64. The number of hydrogen-bond acceptors (Lipinski definition) is 5. The summed E-state index contributed by atoms with van der Waals surface area (Å²) in [6.45, 7) is 2.44. The fourth-order valence-corrected chi connectivity index (χ4v) is 2.64. The summed E-state index contributed by atoms with van der Waals surface area (Å²) in [4.78, 5) is 25.1. The molecule has 0 aliphatic carbocycles. The van der Waals surface area contributed by atoms with E-state index < -0.39 is 4.92 Å². The Morgan fingerprint density at radius 3 is 2.50 bits per heavy atom. The molecule has 0 heterocycles. The van der Waals surface area contributed by atoms with Gasteiger partial charge in [-0.3, -0.25) is 14.9 Å². The number of ether oxygens (including phenoxy) is 1. The van der Waals surface area contributed by atoms with Crippen LogP contribution in [0.3, 0.4) is 0 Å². The molecular formula is C19H23N3O4. The maximum Gasteiger partial charge on any atom is 0.311 e. The van der Waals surface area contributed by atoms with Gasteiger partial charge in [0.25, 0.3) is 5.91 Å². The fraction of sp³-hybridized carbons (Fsp3) is 0.316. The molecule has 0 aliphatic heterocycles. The quantitative estimate of drug-likeness (QED) is 0.580. The maximum absolute atomic E-state index is 12.5. The van der Waals surface area contributed by atoms with Crippen molar-refractivity contribution < 1.29 is 14.5 Å². The van der Waals surface area contributed by atoms with Gasteiger partial charge in [0.15, 0.2) is 5.75 Å². The number of nitro groups is 1. The maximum atomic E-state index is 12.5. The summed E-state index contributed by atoms with van der Waals surface area (Å²) in [6.07, 6.45) is 0. The topological polar surface area (TPSA) is 84.7 Å². The van der Waals surface area contributed by atoms with Gasteiger partial charge in [-0.1, -0.05) is 30.3 Å². The molecule has 1 atom stereocenters. The first-order chi connectivity index (χ1) is 12.4. The van der Waals surface area contributed by atoms with Gasteiger partial charge in [0.05, 0.1) is 17.6 Å². The minimum atomic E-state index is -0.547. The largest absolute Gasteiger partial charge is 0.487 e. The molecule has 2 aromatic carbocycles. The number of nitrogens with zero attached hydrogens (tertiary/aromatic N) is 2. The van der Waals surface area contributed by atoms with Crippen LogP contribution in [0, 0.1) is 10.1 Å². The van der Waals surface area contributed by atoms with Crippen molar-refractivity contribution in [1.29, 1.82) is 0 Å². The van der Waals surface area contributed by atoms with E-state index in [0.717, 1.165) is 5.56 Å². The second-order valence-corrected chi connectivity index (χ2v) is 5.97. The number of benzene rings is 2. The summed E-state index contributed by atoms with van der Waals surface area (Å²) >= 11 is 0. The van der Waals surface area contributed by atoms with Crippen LogP contribution in [0.2, 0.25) is 0 Å². The number of nitro benzene ring substituents is 1. The molecule has 1 unspecified atom stereocenters. The van der Waals surface area contributed by atoms with Gasteiger partial charge in [0, 0.05) is 18.2 Å². The zero-order valence-electron chi connectivity index (χ0n) is 15.1. The highest BCUT2D eigenvalue weighted by Crippen LogP contribution is 2.28. The van der Waals surface area contributed by atoms with Crippen LogP contribution in [0.1, 0.15) is 28.9 Å². The first-order valence-corrected chi connectivity index (χ1v) is 8.34. The predicted octanol–water partition coefficient (Wildman–Crippen LogP) is 3.03. The molecule has 0 saturated carbocycles. The van der Waals surface area contributed by atoms with E-state index in [1.165, 1.54) is 18.2 Å². The van der Waals surface area contributed by atoms with E-state index in [-0.39, 0.29) is 28.9 Å². The van der Waals surface area contributed by atoms with Gasteiger partial charge in [-0.15, -0.1) is 0 Å². The van der Waals surface area contributed by atoms with Crippen LogP contribution in [0.25, 0.3) is 0 Å². The molecule has 0 spiro atoms. The van der Waals surface area contributed by atoms with E-state index in [4.69, 9.17) is 4.74 Å². The van der Waals surface area contributed by atoms with Gasteiger partial charge in [-0.2, -0.15) is 0 Å². The Hall–Kier alpha value is -2.93. The van der Waals surface area contributed by atoms with Gasteiger partial charge in [0.1, 0.15) is 0 Å². The first-order valence-electron chi connectivity index (χ1n) is 8.34. The van der Waals surface area contributed by atoms with Crippen molar-refractivity contribution in [1.82, 2.24) is 10.2 Å². The zero-order chi connectivity index (χ0) is 19.1. The van der Waals surface area contributed by atoms with Gasteiger partial charge >= 0.3 is 5.69 Å². The van der Waals surface area contributed by atoms with Crippen LogP contribution in [-0.4, -0.2) is 43.0 Å². The van der Waals surface area contributed by atoms with Crippen molar-refractivity contribution in [2.45, 2.75) is 13.0 Å². The number of nitrogens with one attached hydrogen (secondary N) is 1. The van der Waals surface area contributed by atoms with Gasteiger partial charge in [-0.25, -0.2) is 0 Å². The van der Waals surface area contributed by atoms with E-state index in [0.29, 0.717) is 13.2 Å². The summed E-state index contributed by atoms with van der Waals surface area (Å²) < 4.78 is 5.24. The second kappa shape index (κ2) is 8.96. The third kappa shape index (κ3) is 4.80. The number of carbonyl (C=O) groups excluding carboxylic acids is 1. The van der Waals surface area contributed by atoms with Crippen LogP contribution in [0.15, 0.2) is 48.5 Å².